The average molecular weight is 383 g/mol. The number of benzene rings is 1. The van der Waals surface area contributed by atoms with Crippen LogP contribution in [0.1, 0.15) is 18.2 Å². The molecule has 0 atom stereocenters. The van der Waals surface area contributed by atoms with E-state index in [-0.39, 0.29) is 12.6 Å². The van der Waals surface area contributed by atoms with Crippen LogP contribution in [0.3, 0.4) is 0 Å². The van der Waals surface area contributed by atoms with Gasteiger partial charge in [0, 0.05) is 38.2 Å². The molecular weight excluding hydrogens is 358 g/mol. The minimum Gasteiger partial charge on any atom is -0.465 e. The number of nitrogens with one attached hydrogen (secondary N) is 1. The van der Waals surface area contributed by atoms with Crippen LogP contribution < -0.4 is 10.2 Å². The van der Waals surface area contributed by atoms with Crippen molar-refractivity contribution in [2.24, 2.45) is 0 Å². The van der Waals surface area contributed by atoms with Crippen LogP contribution in [0.2, 0.25) is 0 Å². The van der Waals surface area contributed by atoms with E-state index < -0.39 is 5.97 Å². The minimum atomic E-state index is -0.446. The Balaban J connectivity index is 1.80. The van der Waals surface area contributed by atoms with Gasteiger partial charge >= 0.3 is 12.0 Å². The molecule has 0 radical (unpaired) electrons. The number of rotatable bonds is 5. The number of nitrogens with zero attached hydrogens (tertiary/aromatic N) is 4. The van der Waals surface area contributed by atoms with Crippen LogP contribution in [0.4, 0.5) is 10.6 Å². The van der Waals surface area contributed by atoms with Gasteiger partial charge in [-0.3, -0.25) is 4.79 Å². The molecule has 2 heterocycles. The van der Waals surface area contributed by atoms with Gasteiger partial charge in [-0.2, -0.15) is 0 Å². The molecule has 0 bridgehead atoms. The Bertz CT molecular complexity index is 854. The molecule has 8 nitrogen and oxygen atoms in total. The lowest BCUT2D eigenvalue weighted by molar-refractivity contribution is -0.141. The van der Waals surface area contributed by atoms with Crippen molar-refractivity contribution in [3.63, 3.8) is 0 Å². The quantitative estimate of drug-likeness (QED) is 0.793. The van der Waals surface area contributed by atoms with E-state index in [9.17, 15) is 9.59 Å². The van der Waals surface area contributed by atoms with E-state index in [4.69, 9.17) is 14.7 Å². The molecule has 1 aromatic carbocycles. The Morgan fingerprint density at radius 3 is 2.64 bits per heavy atom. The number of hydrogen-bond acceptors (Lipinski definition) is 6. The van der Waals surface area contributed by atoms with Crippen LogP contribution in [-0.4, -0.2) is 60.7 Å². The molecule has 148 valence electrons. The van der Waals surface area contributed by atoms with Crippen molar-refractivity contribution in [1.82, 2.24) is 20.2 Å². The van der Waals surface area contributed by atoms with Crippen molar-refractivity contribution in [3.8, 4) is 11.4 Å². The van der Waals surface area contributed by atoms with Crippen molar-refractivity contribution in [3.05, 3.63) is 41.6 Å². The normalized spacial score (nSPS) is 12.9. The van der Waals surface area contributed by atoms with Crippen molar-refractivity contribution in [1.29, 1.82) is 0 Å². The molecule has 1 aliphatic rings. The smallest absolute Gasteiger partial charge is 0.325 e. The van der Waals surface area contributed by atoms with E-state index in [1.54, 1.807) is 11.8 Å². The van der Waals surface area contributed by atoms with Gasteiger partial charge < -0.3 is 19.9 Å². The van der Waals surface area contributed by atoms with Crippen LogP contribution in [0.25, 0.3) is 11.4 Å². The van der Waals surface area contributed by atoms with Gasteiger partial charge in [-0.1, -0.05) is 30.3 Å². The maximum absolute atomic E-state index is 12.4. The summed E-state index contributed by atoms with van der Waals surface area (Å²) in [5, 5.41) is 2.61. The summed E-state index contributed by atoms with van der Waals surface area (Å²) in [6.45, 7) is 2.80. The van der Waals surface area contributed by atoms with E-state index >= 15 is 0 Å². The molecule has 1 aromatic heterocycles. The molecule has 3 rings (SSSR count). The lowest BCUT2D eigenvalue weighted by atomic mass is 10.1. The third kappa shape index (κ3) is 4.39. The predicted octanol–water partition coefficient (Wildman–Crippen LogP) is 1.84. The lowest BCUT2D eigenvalue weighted by Crippen LogP contribution is -2.45. The molecule has 2 aromatic rings. The summed E-state index contributed by atoms with van der Waals surface area (Å²) in [6, 6.07) is 9.56. The molecule has 0 saturated heterocycles. The zero-order chi connectivity index (χ0) is 20.1. The number of esters is 1. The highest BCUT2D eigenvalue weighted by atomic mass is 16.5. The van der Waals surface area contributed by atoms with E-state index in [1.807, 2.05) is 49.3 Å². The van der Waals surface area contributed by atoms with Crippen LogP contribution >= 0.6 is 0 Å². The number of urea groups is 1. The van der Waals surface area contributed by atoms with E-state index in [1.165, 1.54) is 0 Å². The van der Waals surface area contributed by atoms with Gasteiger partial charge in [0.15, 0.2) is 5.82 Å². The second-order valence-electron chi connectivity index (χ2n) is 6.69. The molecular formula is C20H25N5O3. The van der Waals surface area contributed by atoms with Gasteiger partial charge in [0.1, 0.15) is 12.4 Å². The SMILES string of the molecule is CCOC(=O)CNC(=O)N1CCc2nc(-c3ccccc3)nc(N(C)C)c2C1. The Morgan fingerprint density at radius 1 is 1.21 bits per heavy atom. The first-order valence-electron chi connectivity index (χ1n) is 9.30. The molecule has 1 aliphatic heterocycles. The van der Waals surface area contributed by atoms with Crippen molar-refractivity contribution >= 4 is 17.8 Å². The number of aromatic nitrogens is 2. The monoisotopic (exact) mass is 383 g/mol. The third-order valence-electron chi connectivity index (χ3n) is 4.47. The Morgan fingerprint density at radius 2 is 1.96 bits per heavy atom. The molecule has 1 N–H and O–H groups in total. The summed E-state index contributed by atoms with van der Waals surface area (Å²) < 4.78 is 4.84. The largest absolute Gasteiger partial charge is 0.465 e. The first kappa shape index (κ1) is 19.6. The summed E-state index contributed by atoms with van der Waals surface area (Å²) in [4.78, 5) is 37.0. The fourth-order valence-electron chi connectivity index (χ4n) is 3.13. The van der Waals surface area contributed by atoms with Crippen LogP contribution in [0.5, 0.6) is 0 Å². The Kier molecular flexibility index (Phi) is 6.08. The number of fused-ring (bicyclic) bond motifs is 1. The molecule has 0 unspecified atom stereocenters. The first-order chi connectivity index (χ1) is 13.5. The third-order valence-corrected chi connectivity index (χ3v) is 4.47. The second kappa shape index (κ2) is 8.69. The Hall–Kier alpha value is -3.16. The van der Waals surface area contributed by atoms with E-state index in [0.29, 0.717) is 31.9 Å². The van der Waals surface area contributed by atoms with Gasteiger partial charge in [0.05, 0.1) is 18.8 Å². The zero-order valence-electron chi connectivity index (χ0n) is 16.4. The van der Waals surface area contributed by atoms with Gasteiger partial charge in [0.2, 0.25) is 0 Å². The number of anilines is 1. The number of ether oxygens (including phenoxy) is 1. The predicted molar refractivity (Wildman–Crippen MR) is 106 cm³/mol. The highest BCUT2D eigenvalue weighted by Crippen LogP contribution is 2.28. The number of hydrogen-bond donors (Lipinski definition) is 1. The van der Waals surface area contributed by atoms with E-state index in [0.717, 1.165) is 22.6 Å². The fourth-order valence-corrected chi connectivity index (χ4v) is 3.13. The molecule has 0 aliphatic carbocycles. The van der Waals surface area contributed by atoms with Gasteiger partial charge in [-0.15, -0.1) is 0 Å². The molecule has 0 saturated carbocycles. The summed E-state index contributed by atoms with van der Waals surface area (Å²) in [7, 11) is 3.86. The van der Waals surface area contributed by atoms with Gasteiger partial charge in [-0.25, -0.2) is 14.8 Å². The van der Waals surface area contributed by atoms with E-state index in [2.05, 4.69) is 5.32 Å². The first-order valence-corrected chi connectivity index (χ1v) is 9.30. The highest BCUT2D eigenvalue weighted by Gasteiger charge is 2.26. The summed E-state index contributed by atoms with van der Waals surface area (Å²) in [6.07, 6.45) is 0.630. The summed E-state index contributed by atoms with van der Waals surface area (Å²) in [5.41, 5.74) is 2.84. The molecule has 0 fully saturated rings. The number of carbonyl (C=O) groups excluding carboxylic acids is 2. The average Bonchev–Trinajstić information content (AvgIpc) is 2.71. The Labute approximate surface area is 164 Å². The van der Waals surface area contributed by atoms with Crippen LogP contribution in [0.15, 0.2) is 30.3 Å². The van der Waals surface area contributed by atoms with Crippen LogP contribution in [0, 0.1) is 0 Å². The van der Waals surface area contributed by atoms with Crippen molar-refractivity contribution < 1.29 is 14.3 Å². The van der Waals surface area contributed by atoms with Gasteiger partial charge in [0.25, 0.3) is 0 Å². The van der Waals surface area contributed by atoms with Crippen LogP contribution in [-0.2, 0) is 22.5 Å². The number of amides is 2. The van der Waals surface area contributed by atoms with Crippen molar-refractivity contribution in [2.75, 3.05) is 38.7 Å². The maximum Gasteiger partial charge on any atom is 0.325 e. The lowest BCUT2D eigenvalue weighted by Gasteiger charge is -2.31. The topological polar surface area (TPSA) is 87.7 Å². The maximum atomic E-state index is 12.4. The number of carbonyl (C=O) groups is 2. The molecule has 2 amide bonds. The second-order valence-corrected chi connectivity index (χ2v) is 6.69. The van der Waals surface area contributed by atoms with Crippen molar-refractivity contribution in [2.45, 2.75) is 19.9 Å². The summed E-state index contributed by atoms with van der Waals surface area (Å²) in [5.74, 6) is 1.04. The standard InChI is InChI=1S/C20H25N5O3/c1-4-28-17(26)12-21-20(27)25-11-10-16-15(13-25)19(24(2)3)23-18(22-16)14-8-6-5-7-9-14/h5-9H,4,10-13H2,1-3H3,(H,21,27). The van der Waals surface area contributed by atoms with Gasteiger partial charge in [-0.05, 0) is 6.92 Å². The summed E-state index contributed by atoms with van der Waals surface area (Å²) >= 11 is 0. The minimum absolute atomic E-state index is 0.139. The fraction of sp³-hybridized carbons (Fsp3) is 0.400. The molecule has 8 heteroatoms. The molecule has 0 spiro atoms. The highest BCUT2D eigenvalue weighted by molar-refractivity contribution is 5.81. The molecule has 28 heavy (non-hydrogen) atoms. The zero-order valence-corrected chi connectivity index (χ0v) is 16.4.